The van der Waals surface area contributed by atoms with E-state index in [1.165, 1.54) is 37.1 Å². The Labute approximate surface area is 184 Å². The number of anilines is 1. The largest absolute Gasteiger partial charge is 0.339 e. The van der Waals surface area contributed by atoms with Gasteiger partial charge in [0.25, 0.3) is 5.91 Å². The molecule has 0 saturated heterocycles. The highest BCUT2D eigenvalue weighted by Crippen LogP contribution is 2.34. The fraction of sp³-hybridized carbons (Fsp3) is 0.250. The maximum Gasteiger partial charge on any atom is 0.259 e. The summed E-state index contributed by atoms with van der Waals surface area (Å²) < 4.78 is 20.2. The van der Waals surface area contributed by atoms with Crippen LogP contribution in [0.15, 0.2) is 59.3 Å². The number of carbonyl (C=O) groups excluding carboxylic acids is 1. The van der Waals surface area contributed by atoms with Crippen LogP contribution in [-0.2, 0) is 0 Å². The summed E-state index contributed by atoms with van der Waals surface area (Å²) in [7, 11) is 0. The second-order valence-corrected chi connectivity index (χ2v) is 8.02. The number of aromatic nitrogens is 4. The van der Waals surface area contributed by atoms with E-state index >= 15 is 0 Å². The Hall–Kier alpha value is -3.81. The highest BCUT2D eigenvalue weighted by molar-refractivity contribution is 6.04. The monoisotopic (exact) mass is 431 g/mol. The van der Waals surface area contributed by atoms with Gasteiger partial charge in [0.2, 0.25) is 11.7 Å². The van der Waals surface area contributed by atoms with Crippen LogP contribution in [0.3, 0.4) is 0 Å². The average Bonchev–Trinajstić information content (AvgIpc) is 3.56. The number of nitrogens with zero attached hydrogens (tertiary/aromatic N) is 4. The van der Waals surface area contributed by atoms with Gasteiger partial charge in [-0.25, -0.2) is 9.07 Å². The number of halogens is 1. The van der Waals surface area contributed by atoms with E-state index in [9.17, 15) is 9.18 Å². The van der Waals surface area contributed by atoms with Crippen molar-refractivity contribution in [3.8, 4) is 17.1 Å². The number of nitrogens with one attached hydrogen (secondary N) is 1. The number of benzene rings is 2. The molecule has 1 amide bonds. The average molecular weight is 431 g/mol. The zero-order chi connectivity index (χ0) is 22.1. The standard InChI is InChI=1S/C24H22FN5O2/c1-15-21(23(31)26-19-10-8-18(25)9-11-19)14-30(28-15)20-12-6-16(7-13-20)22-27-24(32-29-22)17-4-2-3-5-17/h6-14,17H,2-5H2,1H3,(H,26,31). The van der Waals surface area contributed by atoms with Gasteiger partial charge in [0.05, 0.1) is 16.9 Å². The second kappa shape index (κ2) is 8.37. The Morgan fingerprint density at radius 3 is 2.53 bits per heavy atom. The van der Waals surface area contributed by atoms with Crippen LogP contribution in [0.5, 0.6) is 0 Å². The number of amides is 1. The van der Waals surface area contributed by atoms with Crippen LogP contribution in [-0.4, -0.2) is 25.8 Å². The van der Waals surface area contributed by atoms with Crippen LogP contribution < -0.4 is 5.32 Å². The van der Waals surface area contributed by atoms with Crippen molar-refractivity contribution in [3.63, 3.8) is 0 Å². The maximum absolute atomic E-state index is 13.1. The van der Waals surface area contributed by atoms with Gasteiger partial charge in [-0.3, -0.25) is 4.79 Å². The third kappa shape index (κ3) is 4.03. The summed E-state index contributed by atoms with van der Waals surface area (Å²) in [6, 6.07) is 13.2. The predicted octanol–water partition coefficient (Wildman–Crippen LogP) is 5.28. The van der Waals surface area contributed by atoms with E-state index in [-0.39, 0.29) is 11.7 Å². The van der Waals surface area contributed by atoms with Crippen molar-refractivity contribution in [3.05, 3.63) is 77.7 Å². The summed E-state index contributed by atoms with van der Waals surface area (Å²) in [5, 5.41) is 11.4. The molecule has 0 atom stereocenters. The molecule has 2 aromatic heterocycles. The third-order valence-corrected chi connectivity index (χ3v) is 5.78. The van der Waals surface area contributed by atoms with Crippen LogP contribution in [0.1, 0.15) is 53.5 Å². The predicted molar refractivity (Wildman–Crippen MR) is 117 cm³/mol. The molecule has 1 aliphatic rings. The van der Waals surface area contributed by atoms with Gasteiger partial charge in [-0.2, -0.15) is 10.1 Å². The quantitative estimate of drug-likeness (QED) is 0.465. The van der Waals surface area contributed by atoms with Crippen molar-refractivity contribution >= 4 is 11.6 Å². The number of hydrogen-bond donors (Lipinski definition) is 1. The first kappa shape index (κ1) is 20.1. The molecular weight excluding hydrogens is 409 g/mol. The van der Waals surface area contributed by atoms with Crippen molar-refractivity contribution in [1.82, 2.24) is 19.9 Å². The van der Waals surface area contributed by atoms with Crippen LogP contribution in [0.25, 0.3) is 17.1 Å². The highest BCUT2D eigenvalue weighted by Gasteiger charge is 2.23. The number of rotatable bonds is 5. The molecule has 1 saturated carbocycles. The Bertz CT molecular complexity index is 1240. The van der Waals surface area contributed by atoms with Gasteiger partial charge in [-0.15, -0.1) is 0 Å². The molecule has 7 nitrogen and oxygen atoms in total. The van der Waals surface area contributed by atoms with Crippen LogP contribution >= 0.6 is 0 Å². The molecule has 32 heavy (non-hydrogen) atoms. The molecular formula is C24H22FN5O2. The zero-order valence-corrected chi connectivity index (χ0v) is 17.6. The minimum atomic E-state index is -0.356. The normalized spacial score (nSPS) is 14.1. The summed E-state index contributed by atoms with van der Waals surface area (Å²) in [4.78, 5) is 17.2. The second-order valence-electron chi connectivity index (χ2n) is 8.02. The Morgan fingerprint density at radius 2 is 1.81 bits per heavy atom. The molecule has 2 aromatic carbocycles. The molecule has 1 aliphatic carbocycles. The summed E-state index contributed by atoms with van der Waals surface area (Å²) in [5.74, 6) is 1.02. The van der Waals surface area contributed by atoms with Gasteiger partial charge < -0.3 is 9.84 Å². The minimum Gasteiger partial charge on any atom is -0.339 e. The molecule has 0 aliphatic heterocycles. The van der Waals surface area contributed by atoms with Gasteiger partial charge in [-0.1, -0.05) is 18.0 Å². The lowest BCUT2D eigenvalue weighted by Crippen LogP contribution is -2.12. The lowest BCUT2D eigenvalue weighted by Gasteiger charge is -2.04. The summed E-state index contributed by atoms with van der Waals surface area (Å²) in [5.41, 5.74) is 3.22. The van der Waals surface area contributed by atoms with Crippen molar-refractivity contribution in [2.45, 2.75) is 38.5 Å². The van der Waals surface area contributed by atoms with Crippen molar-refractivity contribution in [2.24, 2.45) is 0 Å². The fourth-order valence-electron chi connectivity index (χ4n) is 4.00. The summed E-state index contributed by atoms with van der Waals surface area (Å²) in [6.45, 7) is 1.77. The number of hydrogen-bond acceptors (Lipinski definition) is 5. The van der Waals surface area contributed by atoms with Gasteiger partial charge in [0, 0.05) is 23.4 Å². The first-order valence-electron chi connectivity index (χ1n) is 10.6. The van der Waals surface area contributed by atoms with Gasteiger partial charge in [0.1, 0.15) is 5.82 Å². The van der Waals surface area contributed by atoms with Crippen LogP contribution in [0, 0.1) is 12.7 Å². The van der Waals surface area contributed by atoms with Crippen LogP contribution in [0.4, 0.5) is 10.1 Å². The molecule has 0 unspecified atom stereocenters. The summed E-state index contributed by atoms with van der Waals surface area (Å²) in [6.07, 6.45) is 6.32. The van der Waals surface area contributed by atoms with Crippen molar-refractivity contribution in [1.29, 1.82) is 0 Å². The molecule has 2 heterocycles. The number of aryl methyl sites for hydroxylation is 1. The molecule has 0 radical (unpaired) electrons. The van der Waals surface area contributed by atoms with Crippen molar-refractivity contribution < 1.29 is 13.7 Å². The fourth-order valence-corrected chi connectivity index (χ4v) is 4.00. The zero-order valence-electron chi connectivity index (χ0n) is 17.6. The Morgan fingerprint density at radius 1 is 1.09 bits per heavy atom. The van der Waals surface area contributed by atoms with E-state index in [2.05, 4.69) is 20.6 Å². The van der Waals surface area contributed by atoms with Gasteiger partial charge >= 0.3 is 0 Å². The van der Waals surface area contributed by atoms with E-state index in [0.29, 0.717) is 28.7 Å². The SMILES string of the molecule is Cc1nn(-c2ccc(-c3noc(C4CCCC4)n3)cc2)cc1C(=O)Nc1ccc(F)cc1. The van der Waals surface area contributed by atoms with Crippen molar-refractivity contribution in [2.75, 3.05) is 5.32 Å². The van der Waals surface area contributed by atoms with E-state index in [1.54, 1.807) is 17.8 Å². The van der Waals surface area contributed by atoms with E-state index in [1.807, 2.05) is 24.3 Å². The molecule has 4 aromatic rings. The topological polar surface area (TPSA) is 85.8 Å². The van der Waals surface area contributed by atoms with Crippen LogP contribution in [0.2, 0.25) is 0 Å². The molecule has 5 rings (SSSR count). The van der Waals surface area contributed by atoms with E-state index < -0.39 is 0 Å². The molecule has 162 valence electrons. The van der Waals surface area contributed by atoms with E-state index in [0.717, 1.165) is 30.0 Å². The molecule has 1 N–H and O–H groups in total. The first-order chi connectivity index (χ1) is 15.6. The molecule has 1 fully saturated rings. The molecule has 0 bridgehead atoms. The smallest absolute Gasteiger partial charge is 0.259 e. The third-order valence-electron chi connectivity index (χ3n) is 5.78. The first-order valence-corrected chi connectivity index (χ1v) is 10.6. The maximum atomic E-state index is 13.1. The number of carbonyl (C=O) groups is 1. The summed E-state index contributed by atoms with van der Waals surface area (Å²) >= 11 is 0. The Balaban J connectivity index is 1.32. The van der Waals surface area contributed by atoms with Gasteiger partial charge in [0.15, 0.2) is 0 Å². The molecule has 0 spiro atoms. The minimum absolute atomic E-state index is 0.303. The lowest BCUT2D eigenvalue weighted by atomic mass is 10.1. The highest BCUT2D eigenvalue weighted by atomic mass is 19.1. The van der Waals surface area contributed by atoms with E-state index in [4.69, 9.17) is 4.52 Å². The Kier molecular flexibility index (Phi) is 5.26. The molecule has 8 heteroatoms. The lowest BCUT2D eigenvalue weighted by molar-refractivity contribution is 0.102. The van der Waals surface area contributed by atoms with Gasteiger partial charge in [-0.05, 0) is 68.3 Å².